The quantitative estimate of drug-likeness (QED) is 0.223. The Hall–Kier alpha value is -3.97. The Labute approximate surface area is 210 Å². The lowest BCUT2D eigenvalue weighted by atomic mass is 9.97. The number of hydrogen-bond donors (Lipinski definition) is 0. The number of halogens is 1. The van der Waals surface area contributed by atoms with Gasteiger partial charge in [-0.1, -0.05) is 66.7 Å². The fourth-order valence-corrected chi connectivity index (χ4v) is 4.35. The summed E-state index contributed by atoms with van der Waals surface area (Å²) in [6, 6.07) is 27.2. The zero-order valence-electron chi connectivity index (χ0n) is 18.6. The van der Waals surface area contributed by atoms with E-state index in [4.69, 9.17) is 9.15 Å². The van der Waals surface area contributed by atoms with E-state index in [1.54, 1.807) is 12.1 Å². The summed E-state index contributed by atoms with van der Waals surface area (Å²) in [5.41, 5.74) is 2.74. The highest BCUT2D eigenvalue weighted by Crippen LogP contribution is 2.33. The molecule has 0 fully saturated rings. The molecule has 35 heavy (non-hydrogen) atoms. The molecule has 1 aromatic heterocycles. The summed E-state index contributed by atoms with van der Waals surface area (Å²) >= 11 is 3.21. The third-order valence-corrected chi connectivity index (χ3v) is 6.17. The number of hydrazone groups is 1. The topological polar surface area (TPSA) is 72.1 Å². The maximum atomic E-state index is 13.1. The van der Waals surface area contributed by atoms with Gasteiger partial charge in [-0.2, -0.15) is 5.10 Å². The summed E-state index contributed by atoms with van der Waals surface area (Å²) in [5, 5.41) is 8.35. The van der Waals surface area contributed by atoms with Crippen LogP contribution < -0.4 is 0 Å². The van der Waals surface area contributed by atoms with Gasteiger partial charge in [-0.15, -0.1) is 0 Å². The van der Waals surface area contributed by atoms with Gasteiger partial charge in [-0.25, -0.2) is 9.80 Å². The summed E-state index contributed by atoms with van der Waals surface area (Å²) in [4.78, 5) is 25.2. The van der Waals surface area contributed by atoms with Crippen LogP contribution in [0.3, 0.4) is 0 Å². The van der Waals surface area contributed by atoms with Crippen molar-refractivity contribution in [2.24, 2.45) is 5.10 Å². The van der Waals surface area contributed by atoms with Crippen molar-refractivity contribution in [2.75, 3.05) is 6.61 Å². The van der Waals surface area contributed by atoms with Crippen LogP contribution in [0.5, 0.6) is 0 Å². The molecule has 1 amide bonds. The normalized spacial score (nSPS) is 15.5. The number of carbonyl (C=O) groups is 2. The average Bonchev–Trinajstić information content (AvgIpc) is 3.53. The second kappa shape index (κ2) is 10.1. The van der Waals surface area contributed by atoms with Gasteiger partial charge in [-0.3, -0.25) is 4.79 Å². The van der Waals surface area contributed by atoms with Crippen LogP contribution in [-0.2, 0) is 14.3 Å². The largest absolute Gasteiger partial charge is 0.452 e. The van der Waals surface area contributed by atoms with Crippen LogP contribution in [0.1, 0.15) is 29.3 Å². The van der Waals surface area contributed by atoms with E-state index in [0.717, 1.165) is 27.6 Å². The molecule has 0 saturated heterocycles. The van der Waals surface area contributed by atoms with E-state index in [-0.39, 0.29) is 6.04 Å². The van der Waals surface area contributed by atoms with Crippen molar-refractivity contribution < 1.29 is 18.7 Å². The number of rotatable bonds is 6. The van der Waals surface area contributed by atoms with Crippen LogP contribution in [0.4, 0.5) is 0 Å². The van der Waals surface area contributed by atoms with E-state index in [2.05, 4.69) is 45.3 Å². The number of furan rings is 1. The molecule has 0 N–H and O–H groups in total. The monoisotopic (exact) mass is 528 g/mol. The number of carbonyl (C=O) groups excluding carboxylic acids is 2. The molecule has 6 nitrogen and oxygen atoms in total. The van der Waals surface area contributed by atoms with Crippen molar-refractivity contribution in [2.45, 2.75) is 12.5 Å². The first-order valence-corrected chi connectivity index (χ1v) is 11.9. The number of esters is 1. The highest BCUT2D eigenvalue weighted by molar-refractivity contribution is 9.10. The molecule has 1 atom stereocenters. The standard InChI is InChI=1S/C28H21BrN2O4/c29-26-14-12-23(35-26)13-15-28(33)34-18-27(32)31-25(20-7-2-1-3-8-20)17-24(30-31)22-11-10-19-6-4-5-9-21(19)16-22/h1-16,25H,17-18H2/b15-13+/t25-/m1/s1. The molecule has 1 aliphatic rings. The van der Waals surface area contributed by atoms with E-state index >= 15 is 0 Å². The maximum absolute atomic E-state index is 13.1. The molecule has 3 aromatic carbocycles. The predicted octanol–water partition coefficient (Wildman–Crippen LogP) is 6.13. The lowest BCUT2D eigenvalue weighted by Gasteiger charge is -2.21. The third kappa shape index (κ3) is 5.25. The Bertz CT molecular complexity index is 1440. The molecule has 7 heteroatoms. The summed E-state index contributed by atoms with van der Waals surface area (Å²) < 4.78 is 11.1. The van der Waals surface area contributed by atoms with Gasteiger partial charge >= 0.3 is 5.97 Å². The number of hydrogen-bond acceptors (Lipinski definition) is 5. The van der Waals surface area contributed by atoms with Crippen molar-refractivity contribution in [3.05, 3.63) is 113 Å². The number of fused-ring (bicyclic) bond motifs is 1. The second-order valence-corrected chi connectivity index (χ2v) is 8.84. The molecule has 0 unspecified atom stereocenters. The van der Waals surface area contributed by atoms with E-state index in [1.807, 2.05) is 48.5 Å². The van der Waals surface area contributed by atoms with Crippen LogP contribution in [0.15, 0.2) is 105 Å². The first kappa shape index (κ1) is 22.8. The Kier molecular flexibility index (Phi) is 6.59. The van der Waals surface area contributed by atoms with Crippen molar-refractivity contribution in [1.82, 2.24) is 5.01 Å². The zero-order chi connectivity index (χ0) is 24.2. The number of nitrogens with zero attached hydrogens (tertiary/aromatic N) is 2. The fourth-order valence-electron chi connectivity index (χ4n) is 4.03. The second-order valence-electron chi connectivity index (χ2n) is 8.06. The minimum Gasteiger partial charge on any atom is -0.452 e. The number of ether oxygens (including phenoxy) is 1. The summed E-state index contributed by atoms with van der Waals surface area (Å²) in [6.45, 7) is -0.414. The molecule has 1 aliphatic heterocycles. The van der Waals surface area contributed by atoms with Crippen LogP contribution in [0, 0.1) is 0 Å². The van der Waals surface area contributed by atoms with Crippen LogP contribution in [-0.4, -0.2) is 29.2 Å². The van der Waals surface area contributed by atoms with Crippen molar-refractivity contribution >= 4 is 50.4 Å². The van der Waals surface area contributed by atoms with Crippen molar-refractivity contribution in [3.8, 4) is 0 Å². The van der Waals surface area contributed by atoms with Gasteiger partial charge in [0.25, 0.3) is 5.91 Å². The molecular formula is C28H21BrN2O4. The minimum atomic E-state index is -0.639. The molecular weight excluding hydrogens is 508 g/mol. The molecule has 0 radical (unpaired) electrons. The lowest BCUT2D eigenvalue weighted by Crippen LogP contribution is -2.31. The molecule has 0 bridgehead atoms. The Morgan fingerprint density at radius 2 is 1.77 bits per heavy atom. The van der Waals surface area contributed by atoms with Gasteiger partial charge in [0.05, 0.1) is 11.8 Å². The highest BCUT2D eigenvalue weighted by atomic mass is 79.9. The fraction of sp³-hybridized carbons (Fsp3) is 0.107. The van der Waals surface area contributed by atoms with Crippen molar-refractivity contribution in [3.63, 3.8) is 0 Å². The van der Waals surface area contributed by atoms with Crippen molar-refractivity contribution in [1.29, 1.82) is 0 Å². The molecule has 5 rings (SSSR count). The molecule has 4 aromatic rings. The SMILES string of the molecule is O=C(/C=C/c1ccc(Br)o1)OCC(=O)N1N=C(c2ccc3ccccc3c2)C[C@@H]1c1ccccc1. The van der Waals surface area contributed by atoms with Gasteiger partial charge in [0, 0.05) is 12.5 Å². The van der Waals surface area contributed by atoms with Gasteiger partial charge < -0.3 is 9.15 Å². The van der Waals surface area contributed by atoms with E-state index in [9.17, 15) is 9.59 Å². The molecule has 0 saturated carbocycles. The minimum absolute atomic E-state index is 0.278. The Balaban J connectivity index is 1.34. The smallest absolute Gasteiger partial charge is 0.331 e. The summed E-state index contributed by atoms with van der Waals surface area (Å²) in [5.74, 6) is -0.536. The third-order valence-electron chi connectivity index (χ3n) is 5.75. The van der Waals surface area contributed by atoms with E-state index in [1.165, 1.54) is 17.2 Å². The predicted molar refractivity (Wildman–Crippen MR) is 138 cm³/mol. The maximum Gasteiger partial charge on any atom is 0.331 e. The summed E-state index contributed by atoms with van der Waals surface area (Å²) in [6.07, 6.45) is 3.27. The van der Waals surface area contributed by atoms with Gasteiger partial charge in [0.1, 0.15) is 5.76 Å². The van der Waals surface area contributed by atoms with Gasteiger partial charge in [-0.05, 0) is 62.1 Å². The van der Waals surface area contributed by atoms with Crippen LogP contribution >= 0.6 is 15.9 Å². The molecule has 2 heterocycles. The molecule has 0 aliphatic carbocycles. The Morgan fingerprint density at radius 1 is 1.00 bits per heavy atom. The van der Waals surface area contributed by atoms with Crippen LogP contribution in [0.25, 0.3) is 16.8 Å². The molecule has 174 valence electrons. The highest BCUT2D eigenvalue weighted by Gasteiger charge is 2.33. The molecule has 0 spiro atoms. The lowest BCUT2D eigenvalue weighted by molar-refractivity contribution is -0.149. The number of benzene rings is 3. The first-order valence-electron chi connectivity index (χ1n) is 11.1. The van der Waals surface area contributed by atoms with Gasteiger partial charge in [0.2, 0.25) is 0 Å². The van der Waals surface area contributed by atoms with Gasteiger partial charge in [0.15, 0.2) is 11.3 Å². The zero-order valence-corrected chi connectivity index (χ0v) is 20.2. The van der Waals surface area contributed by atoms with E-state index < -0.39 is 18.5 Å². The first-order chi connectivity index (χ1) is 17.1. The number of amides is 1. The summed E-state index contributed by atoms with van der Waals surface area (Å²) in [7, 11) is 0. The van der Waals surface area contributed by atoms with Crippen LogP contribution in [0.2, 0.25) is 0 Å². The average molecular weight is 529 g/mol. The Morgan fingerprint density at radius 3 is 2.54 bits per heavy atom. The van der Waals surface area contributed by atoms with E-state index in [0.29, 0.717) is 16.9 Å².